The summed E-state index contributed by atoms with van der Waals surface area (Å²) in [7, 11) is 1.53. The number of likely N-dealkylation sites (tertiary alicyclic amines) is 1. The number of hydrogen-bond acceptors (Lipinski definition) is 4. The quantitative estimate of drug-likeness (QED) is 0.355. The van der Waals surface area contributed by atoms with Gasteiger partial charge in [-0.25, -0.2) is 4.39 Å². The van der Waals surface area contributed by atoms with Crippen LogP contribution in [0.2, 0.25) is 0 Å². The zero-order valence-corrected chi connectivity index (χ0v) is 17.5. The Morgan fingerprint density at radius 3 is 2.41 bits per heavy atom. The van der Waals surface area contributed by atoms with E-state index < -0.39 is 23.5 Å². The van der Waals surface area contributed by atoms with Crippen LogP contribution in [0.15, 0.2) is 84.4 Å². The van der Waals surface area contributed by atoms with Crippen LogP contribution in [0.5, 0.6) is 5.75 Å². The van der Waals surface area contributed by atoms with Gasteiger partial charge in [0.05, 0.1) is 18.7 Å². The maximum atomic E-state index is 13.4. The standard InChI is InChI=1S/C26H22FNO4/c1-32-21-9-5-8-19(16-21)23-22(24(29)18-10-12-20(27)13-11-18)25(30)26(31)28(23)15-14-17-6-3-2-4-7-17/h2-13,16,23,29H,14-15H2,1H3/b24-22+. The van der Waals surface area contributed by atoms with E-state index in [1.54, 1.807) is 24.3 Å². The summed E-state index contributed by atoms with van der Waals surface area (Å²) in [5.41, 5.74) is 1.90. The Bertz CT molecular complexity index is 1170. The number of Topliss-reactive ketones (excluding diaryl/α,β-unsaturated/α-hetero) is 1. The summed E-state index contributed by atoms with van der Waals surface area (Å²) in [5, 5.41) is 11.0. The molecule has 0 bridgehead atoms. The number of ether oxygens (including phenoxy) is 1. The largest absolute Gasteiger partial charge is 0.507 e. The van der Waals surface area contributed by atoms with Crippen LogP contribution in [-0.2, 0) is 16.0 Å². The van der Waals surface area contributed by atoms with Crippen molar-refractivity contribution >= 4 is 17.4 Å². The second-order valence-electron chi connectivity index (χ2n) is 7.51. The van der Waals surface area contributed by atoms with Crippen molar-refractivity contribution in [2.45, 2.75) is 12.5 Å². The number of aliphatic hydroxyl groups excluding tert-OH is 1. The van der Waals surface area contributed by atoms with Gasteiger partial charge in [0.1, 0.15) is 17.3 Å². The third-order valence-electron chi connectivity index (χ3n) is 5.55. The maximum Gasteiger partial charge on any atom is 0.295 e. The van der Waals surface area contributed by atoms with Gasteiger partial charge in [-0.3, -0.25) is 9.59 Å². The molecule has 0 aliphatic carbocycles. The van der Waals surface area contributed by atoms with Crippen molar-refractivity contribution in [2.75, 3.05) is 13.7 Å². The lowest BCUT2D eigenvalue weighted by atomic mass is 9.95. The van der Waals surface area contributed by atoms with E-state index >= 15 is 0 Å². The molecule has 3 aromatic rings. The second kappa shape index (κ2) is 9.06. The van der Waals surface area contributed by atoms with Gasteiger partial charge in [0.2, 0.25) is 0 Å². The second-order valence-corrected chi connectivity index (χ2v) is 7.51. The molecule has 3 aromatic carbocycles. The number of halogens is 1. The van der Waals surface area contributed by atoms with Crippen molar-refractivity contribution in [3.8, 4) is 5.75 Å². The molecule has 1 aliphatic heterocycles. The van der Waals surface area contributed by atoms with Gasteiger partial charge in [0.25, 0.3) is 11.7 Å². The molecule has 1 saturated heterocycles. The highest BCUT2D eigenvalue weighted by Gasteiger charge is 2.45. The van der Waals surface area contributed by atoms with Crippen LogP contribution in [0, 0.1) is 5.82 Å². The van der Waals surface area contributed by atoms with Gasteiger partial charge in [0, 0.05) is 12.1 Å². The molecule has 1 amide bonds. The first-order valence-electron chi connectivity index (χ1n) is 10.2. The highest BCUT2D eigenvalue weighted by atomic mass is 19.1. The van der Waals surface area contributed by atoms with Crippen molar-refractivity contribution in [1.29, 1.82) is 0 Å². The lowest BCUT2D eigenvalue weighted by Gasteiger charge is -2.25. The minimum atomic E-state index is -0.793. The number of benzene rings is 3. The number of carbonyl (C=O) groups is 2. The Morgan fingerprint density at radius 1 is 1.00 bits per heavy atom. The molecule has 1 N–H and O–H groups in total. The van der Waals surface area contributed by atoms with Crippen LogP contribution in [0.1, 0.15) is 22.7 Å². The van der Waals surface area contributed by atoms with Crippen LogP contribution in [0.25, 0.3) is 5.76 Å². The molecule has 0 saturated carbocycles. The van der Waals surface area contributed by atoms with Crippen LogP contribution in [0.3, 0.4) is 0 Å². The van der Waals surface area contributed by atoms with Gasteiger partial charge in [-0.2, -0.15) is 0 Å². The van der Waals surface area contributed by atoms with E-state index in [9.17, 15) is 19.1 Å². The average molecular weight is 431 g/mol. The first-order valence-corrected chi connectivity index (χ1v) is 10.2. The van der Waals surface area contributed by atoms with Crippen LogP contribution in [-0.4, -0.2) is 35.4 Å². The monoisotopic (exact) mass is 431 g/mol. The summed E-state index contributed by atoms with van der Waals surface area (Å²) < 4.78 is 18.7. The minimum Gasteiger partial charge on any atom is -0.507 e. The summed E-state index contributed by atoms with van der Waals surface area (Å²) in [6.07, 6.45) is 0.547. The Kier molecular flexibility index (Phi) is 6.03. The van der Waals surface area contributed by atoms with Crippen molar-refractivity contribution in [2.24, 2.45) is 0 Å². The number of hydrogen-bond donors (Lipinski definition) is 1. The molecule has 1 unspecified atom stereocenters. The van der Waals surface area contributed by atoms with E-state index in [1.165, 1.54) is 36.3 Å². The molecule has 32 heavy (non-hydrogen) atoms. The third-order valence-corrected chi connectivity index (χ3v) is 5.55. The first-order chi connectivity index (χ1) is 15.5. The smallest absolute Gasteiger partial charge is 0.295 e. The topological polar surface area (TPSA) is 66.8 Å². The molecular weight excluding hydrogens is 409 g/mol. The molecule has 1 aliphatic rings. The average Bonchev–Trinajstić information content (AvgIpc) is 3.08. The van der Waals surface area contributed by atoms with Crippen LogP contribution >= 0.6 is 0 Å². The molecule has 5 nitrogen and oxygen atoms in total. The fourth-order valence-electron chi connectivity index (χ4n) is 3.93. The third kappa shape index (κ3) is 4.12. The zero-order chi connectivity index (χ0) is 22.7. The summed E-state index contributed by atoms with van der Waals surface area (Å²) in [5.74, 6) is -1.68. The Morgan fingerprint density at radius 2 is 1.72 bits per heavy atom. The van der Waals surface area contributed by atoms with Crippen molar-refractivity contribution in [1.82, 2.24) is 4.90 Å². The normalized spacial score (nSPS) is 17.6. The molecule has 0 aromatic heterocycles. The summed E-state index contributed by atoms with van der Waals surface area (Å²) in [6, 6.07) is 21.1. The van der Waals surface area contributed by atoms with E-state index in [0.29, 0.717) is 17.7 Å². The van der Waals surface area contributed by atoms with E-state index in [1.807, 2.05) is 30.3 Å². The number of aliphatic hydroxyl groups is 1. The van der Waals surface area contributed by atoms with Crippen molar-refractivity contribution in [3.63, 3.8) is 0 Å². The SMILES string of the molecule is COc1cccc(C2/C(=C(\O)c3ccc(F)cc3)C(=O)C(=O)N2CCc2ccccc2)c1. The number of amides is 1. The maximum absolute atomic E-state index is 13.4. The van der Waals surface area contributed by atoms with Gasteiger partial charge in [-0.1, -0.05) is 42.5 Å². The summed E-state index contributed by atoms with van der Waals surface area (Å²) in [4.78, 5) is 27.5. The minimum absolute atomic E-state index is 0.0251. The number of nitrogens with zero attached hydrogens (tertiary/aromatic N) is 1. The number of methoxy groups -OCH3 is 1. The Balaban J connectivity index is 1.80. The highest BCUT2D eigenvalue weighted by molar-refractivity contribution is 6.46. The number of carbonyl (C=O) groups excluding carboxylic acids is 2. The van der Waals surface area contributed by atoms with Gasteiger partial charge >= 0.3 is 0 Å². The fourth-order valence-corrected chi connectivity index (χ4v) is 3.93. The number of ketones is 1. The summed E-state index contributed by atoms with van der Waals surface area (Å²) >= 11 is 0. The zero-order valence-electron chi connectivity index (χ0n) is 17.5. The molecule has 162 valence electrons. The van der Waals surface area contributed by atoms with E-state index in [0.717, 1.165) is 5.56 Å². The van der Waals surface area contributed by atoms with Crippen LogP contribution in [0.4, 0.5) is 4.39 Å². The van der Waals surface area contributed by atoms with Crippen molar-refractivity contribution < 1.29 is 23.8 Å². The lowest BCUT2D eigenvalue weighted by molar-refractivity contribution is -0.139. The number of rotatable bonds is 6. The molecule has 6 heteroatoms. The predicted octanol–water partition coefficient (Wildman–Crippen LogP) is 4.50. The Hall–Kier alpha value is -3.93. The lowest BCUT2D eigenvalue weighted by Crippen LogP contribution is -2.31. The molecule has 4 rings (SSSR count). The first kappa shape index (κ1) is 21.3. The fraction of sp³-hybridized carbons (Fsp3) is 0.154. The molecule has 0 radical (unpaired) electrons. The van der Waals surface area contributed by atoms with Gasteiger partial charge in [0.15, 0.2) is 0 Å². The van der Waals surface area contributed by atoms with Gasteiger partial charge < -0.3 is 14.7 Å². The molecule has 1 atom stereocenters. The molecule has 0 spiro atoms. The molecular formula is C26H22FNO4. The van der Waals surface area contributed by atoms with Gasteiger partial charge in [-0.15, -0.1) is 0 Å². The van der Waals surface area contributed by atoms with Gasteiger partial charge in [-0.05, 0) is 53.9 Å². The van der Waals surface area contributed by atoms with Crippen LogP contribution < -0.4 is 4.74 Å². The molecule has 1 fully saturated rings. The predicted molar refractivity (Wildman–Crippen MR) is 119 cm³/mol. The van der Waals surface area contributed by atoms with E-state index in [2.05, 4.69) is 0 Å². The molecule has 1 heterocycles. The van der Waals surface area contributed by atoms with Crippen molar-refractivity contribution in [3.05, 3.63) is 107 Å². The van der Waals surface area contributed by atoms with E-state index in [-0.39, 0.29) is 23.4 Å². The summed E-state index contributed by atoms with van der Waals surface area (Å²) in [6.45, 7) is 0.288. The van der Waals surface area contributed by atoms with E-state index in [4.69, 9.17) is 4.74 Å². The Labute approximate surface area is 185 Å². The highest BCUT2D eigenvalue weighted by Crippen LogP contribution is 2.40.